The predicted octanol–water partition coefficient (Wildman–Crippen LogP) is 3.50. The van der Waals surface area contributed by atoms with Crippen molar-refractivity contribution in [1.29, 1.82) is 0 Å². The Labute approximate surface area is 158 Å². The lowest BCUT2D eigenvalue weighted by Crippen LogP contribution is -2.30. The first-order chi connectivity index (χ1) is 12.4. The molecular weight excluding hydrogens is 372 g/mol. The number of sulfonamides is 1. The van der Waals surface area contributed by atoms with Crippen molar-refractivity contribution in [2.45, 2.75) is 31.6 Å². The SMILES string of the molecule is CCCCNC(=O)c1sccc1S(=O)(=O)N(C)c1ccc(OCC)cc1. The van der Waals surface area contributed by atoms with Gasteiger partial charge in [-0.25, -0.2) is 8.42 Å². The predicted molar refractivity (Wildman–Crippen MR) is 105 cm³/mol. The summed E-state index contributed by atoms with van der Waals surface area (Å²) in [4.78, 5) is 12.6. The normalized spacial score (nSPS) is 11.2. The summed E-state index contributed by atoms with van der Waals surface area (Å²) in [5, 5.41) is 4.39. The molecule has 0 unspecified atom stereocenters. The Hall–Kier alpha value is -2.06. The van der Waals surface area contributed by atoms with Crippen LogP contribution in [0.25, 0.3) is 0 Å². The lowest BCUT2D eigenvalue weighted by Gasteiger charge is -2.20. The number of unbranched alkanes of at least 4 members (excludes halogenated alkanes) is 1. The van der Waals surface area contributed by atoms with Gasteiger partial charge in [0, 0.05) is 13.6 Å². The van der Waals surface area contributed by atoms with Gasteiger partial charge >= 0.3 is 0 Å². The molecule has 1 N–H and O–H groups in total. The Kier molecular flexibility index (Phi) is 7.05. The van der Waals surface area contributed by atoms with E-state index in [1.165, 1.54) is 17.4 Å². The highest BCUT2D eigenvalue weighted by atomic mass is 32.2. The molecule has 0 fully saturated rings. The van der Waals surface area contributed by atoms with Gasteiger partial charge in [-0.1, -0.05) is 13.3 Å². The molecule has 0 spiro atoms. The number of nitrogens with zero attached hydrogens (tertiary/aromatic N) is 1. The molecule has 26 heavy (non-hydrogen) atoms. The van der Waals surface area contributed by atoms with Gasteiger partial charge in [0.1, 0.15) is 15.5 Å². The van der Waals surface area contributed by atoms with Crippen molar-refractivity contribution in [3.63, 3.8) is 0 Å². The molecule has 1 amide bonds. The summed E-state index contributed by atoms with van der Waals surface area (Å²) in [6.07, 6.45) is 1.81. The highest BCUT2D eigenvalue weighted by Gasteiger charge is 2.28. The van der Waals surface area contributed by atoms with E-state index in [0.717, 1.165) is 24.2 Å². The molecule has 0 aliphatic carbocycles. The monoisotopic (exact) mass is 396 g/mol. The molecule has 1 aromatic carbocycles. The smallest absolute Gasteiger partial charge is 0.265 e. The van der Waals surface area contributed by atoms with Gasteiger partial charge in [-0.05, 0) is 49.1 Å². The average Bonchev–Trinajstić information content (AvgIpc) is 3.13. The van der Waals surface area contributed by atoms with Crippen LogP contribution in [-0.2, 0) is 10.0 Å². The number of hydrogen-bond donors (Lipinski definition) is 1. The summed E-state index contributed by atoms with van der Waals surface area (Å²) in [6, 6.07) is 8.26. The molecule has 0 radical (unpaired) electrons. The van der Waals surface area contributed by atoms with Gasteiger partial charge in [0.2, 0.25) is 0 Å². The van der Waals surface area contributed by atoms with Crippen molar-refractivity contribution in [3.05, 3.63) is 40.6 Å². The quantitative estimate of drug-likeness (QED) is 0.658. The molecule has 1 heterocycles. The lowest BCUT2D eigenvalue weighted by molar-refractivity contribution is 0.0954. The molecule has 1 aromatic heterocycles. The van der Waals surface area contributed by atoms with E-state index in [1.807, 2.05) is 13.8 Å². The Morgan fingerprint density at radius 2 is 1.88 bits per heavy atom. The van der Waals surface area contributed by atoms with Crippen LogP contribution >= 0.6 is 11.3 Å². The van der Waals surface area contributed by atoms with Gasteiger partial charge in [0.15, 0.2) is 0 Å². The van der Waals surface area contributed by atoms with Crippen molar-refractivity contribution in [2.24, 2.45) is 0 Å². The van der Waals surface area contributed by atoms with E-state index < -0.39 is 10.0 Å². The summed E-state index contributed by atoms with van der Waals surface area (Å²) in [5.41, 5.74) is 0.497. The third-order valence-electron chi connectivity index (χ3n) is 3.80. The minimum Gasteiger partial charge on any atom is -0.494 e. The maximum absolute atomic E-state index is 13.0. The molecule has 2 rings (SSSR count). The minimum absolute atomic E-state index is 0.0212. The molecule has 0 aliphatic rings. The fraction of sp³-hybridized carbons (Fsp3) is 0.389. The van der Waals surface area contributed by atoms with E-state index in [1.54, 1.807) is 29.6 Å². The van der Waals surface area contributed by atoms with E-state index in [-0.39, 0.29) is 15.7 Å². The molecule has 0 aliphatic heterocycles. The first-order valence-corrected chi connectivity index (χ1v) is 10.8. The first-order valence-electron chi connectivity index (χ1n) is 8.49. The topological polar surface area (TPSA) is 75.7 Å². The van der Waals surface area contributed by atoms with Gasteiger partial charge < -0.3 is 10.1 Å². The lowest BCUT2D eigenvalue weighted by atomic mass is 10.3. The highest BCUT2D eigenvalue weighted by Crippen LogP contribution is 2.28. The summed E-state index contributed by atoms with van der Waals surface area (Å²) >= 11 is 1.13. The van der Waals surface area contributed by atoms with Crippen molar-refractivity contribution < 1.29 is 17.9 Å². The number of amides is 1. The number of carbonyl (C=O) groups is 1. The van der Waals surface area contributed by atoms with E-state index in [9.17, 15) is 13.2 Å². The average molecular weight is 397 g/mol. The zero-order valence-corrected chi connectivity index (χ0v) is 16.8. The second-order valence-electron chi connectivity index (χ2n) is 5.62. The van der Waals surface area contributed by atoms with Crippen molar-refractivity contribution in [1.82, 2.24) is 5.32 Å². The molecular formula is C18H24N2O4S2. The third-order valence-corrected chi connectivity index (χ3v) is 6.67. The second kappa shape index (κ2) is 9.05. The molecule has 0 saturated carbocycles. The zero-order chi connectivity index (χ0) is 19.2. The molecule has 142 valence electrons. The van der Waals surface area contributed by atoms with Crippen molar-refractivity contribution >= 4 is 33.0 Å². The molecule has 0 atom stereocenters. The van der Waals surface area contributed by atoms with E-state index in [2.05, 4.69) is 5.32 Å². The molecule has 0 saturated heterocycles. The second-order valence-corrected chi connectivity index (χ2v) is 8.48. The Balaban J connectivity index is 2.24. The number of thiophene rings is 1. The van der Waals surface area contributed by atoms with Crippen LogP contribution in [0.1, 0.15) is 36.4 Å². The van der Waals surface area contributed by atoms with E-state index in [4.69, 9.17) is 4.74 Å². The Morgan fingerprint density at radius 3 is 2.50 bits per heavy atom. The first kappa shape index (κ1) is 20.3. The van der Waals surface area contributed by atoms with Crippen molar-refractivity contribution in [3.8, 4) is 5.75 Å². The van der Waals surface area contributed by atoms with Gasteiger partial charge in [-0.3, -0.25) is 9.10 Å². The van der Waals surface area contributed by atoms with Gasteiger partial charge in [-0.15, -0.1) is 11.3 Å². The number of rotatable bonds is 9. The molecule has 0 bridgehead atoms. The summed E-state index contributed by atoms with van der Waals surface area (Å²) in [6.45, 7) is 4.98. The van der Waals surface area contributed by atoms with Crippen LogP contribution in [0.3, 0.4) is 0 Å². The highest BCUT2D eigenvalue weighted by molar-refractivity contribution is 7.93. The van der Waals surface area contributed by atoms with Crippen LogP contribution in [0.4, 0.5) is 5.69 Å². The number of benzene rings is 1. The number of nitrogens with one attached hydrogen (secondary N) is 1. The molecule has 2 aromatic rings. The fourth-order valence-electron chi connectivity index (χ4n) is 2.33. The van der Waals surface area contributed by atoms with E-state index >= 15 is 0 Å². The van der Waals surface area contributed by atoms with Crippen LogP contribution in [0.15, 0.2) is 40.6 Å². The maximum Gasteiger partial charge on any atom is 0.265 e. The van der Waals surface area contributed by atoms with Gasteiger partial charge in [0.05, 0.1) is 12.3 Å². The van der Waals surface area contributed by atoms with Gasteiger partial charge in [0.25, 0.3) is 15.9 Å². The summed E-state index contributed by atoms with van der Waals surface area (Å²) < 4.78 is 32.5. The van der Waals surface area contributed by atoms with Crippen molar-refractivity contribution in [2.75, 3.05) is 24.5 Å². The standard InChI is InChI=1S/C18H24N2O4S2/c1-4-6-12-19-18(21)17-16(11-13-25-17)26(22,23)20(3)14-7-9-15(10-8-14)24-5-2/h7-11,13H,4-6,12H2,1-3H3,(H,19,21). The number of carbonyl (C=O) groups excluding carboxylic acids is 1. The zero-order valence-electron chi connectivity index (χ0n) is 15.2. The Bertz CT molecular complexity index is 829. The van der Waals surface area contributed by atoms with Crippen LogP contribution in [0.2, 0.25) is 0 Å². The van der Waals surface area contributed by atoms with Gasteiger partial charge in [-0.2, -0.15) is 0 Å². The summed E-state index contributed by atoms with van der Waals surface area (Å²) in [5.74, 6) is 0.320. The fourth-order valence-corrected chi connectivity index (χ4v) is 4.84. The van der Waals surface area contributed by atoms with Crippen LogP contribution in [-0.4, -0.2) is 34.5 Å². The molecule has 8 heteroatoms. The Morgan fingerprint density at radius 1 is 1.19 bits per heavy atom. The van der Waals surface area contributed by atoms with Crippen LogP contribution < -0.4 is 14.4 Å². The third kappa shape index (κ3) is 4.56. The minimum atomic E-state index is -3.84. The largest absolute Gasteiger partial charge is 0.494 e. The van der Waals surface area contributed by atoms with E-state index in [0.29, 0.717) is 24.6 Å². The summed E-state index contributed by atoms with van der Waals surface area (Å²) in [7, 11) is -2.36. The molecule has 6 nitrogen and oxygen atoms in total. The number of anilines is 1. The van der Waals surface area contributed by atoms with Crippen LogP contribution in [0, 0.1) is 0 Å². The number of hydrogen-bond acceptors (Lipinski definition) is 5. The maximum atomic E-state index is 13.0. The number of ether oxygens (including phenoxy) is 1. The van der Waals surface area contributed by atoms with Crippen LogP contribution in [0.5, 0.6) is 5.75 Å².